The lowest BCUT2D eigenvalue weighted by Crippen LogP contribution is -2.44. The van der Waals surface area contributed by atoms with Crippen LogP contribution in [0.15, 0.2) is 53.4 Å². The van der Waals surface area contributed by atoms with Crippen LogP contribution in [0.2, 0.25) is 0 Å². The van der Waals surface area contributed by atoms with E-state index in [4.69, 9.17) is 0 Å². The summed E-state index contributed by atoms with van der Waals surface area (Å²) >= 11 is 0. The van der Waals surface area contributed by atoms with Gasteiger partial charge in [-0.3, -0.25) is 9.10 Å². The number of para-hydroxylation sites is 1. The molecule has 2 atom stereocenters. The number of carboxylic acids is 1. The van der Waals surface area contributed by atoms with Gasteiger partial charge in [-0.25, -0.2) is 8.42 Å². The molecule has 0 bridgehead atoms. The first-order valence-electron chi connectivity index (χ1n) is 9.00. The predicted molar refractivity (Wildman–Crippen MR) is 106 cm³/mol. The highest BCUT2D eigenvalue weighted by atomic mass is 32.2. The van der Waals surface area contributed by atoms with E-state index in [1.807, 2.05) is 12.1 Å². The first kappa shape index (κ1) is 19.4. The highest BCUT2D eigenvalue weighted by Crippen LogP contribution is 2.41. The van der Waals surface area contributed by atoms with Crippen LogP contribution >= 0.6 is 0 Å². The minimum atomic E-state index is -3.80. The molecule has 144 valence electrons. The smallest absolute Gasteiger partial charge is 0.311 e. The largest absolute Gasteiger partial charge is 0.481 e. The average Bonchev–Trinajstić information content (AvgIpc) is 2.60. The molecule has 0 amide bonds. The minimum absolute atomic E-state index is 0.0674. The molecule has 2 aromatic carbocycles. The summed E-state index contributed by atoms with van der Waals surface area (Å²) in [6.07, 6.45) is 0.242. The molecular formula is C21H25NO4S. The van der Waals surface area contributed by atoms with E-state index in [-0.39, 0.29) is 16.7 Å². The molecule has 0 saturated carbocycles. The van der Waals surface area contributed by atoms with Crippen LogP contribution in [-0.4, -0.2) is 25.5 Å². The van der Waals surface area contributed by atoms with E-state index in [9.17, 15) is 18.3 Å². The Bertz CT molecular complexity index is 958. The van der Waals surface area contributed by atoms with Crippen molar-refractivity contribution < 1.29 is 18.3 Å². The van der Waals surface area contributed by atoms with Crippen molar-refractivity contribution in [3.05, 3.63) is 59.7 Å². The number of carbonyl (C=O) groups is 1. The molecule has 1 heterocycles. The van der Waals surface area contributed by atoms with Gasteiger partial charge in [0.15, 0.2) is 0 Å². The minimum Gasteiger partial charge on any atom is -0.481 e. The third-order valence-electron chi connectivity index (χ3n) is 5.10. The molecule has 0 aromatic heterocycles. The monoisotopic (exact) mass is 387 g/mol. The number of hydrogen-bond acceptors (Lipinski definition) is 3. The molecule has 0 aliphatic carbocycles. The molecule has 0 spiro atoms. The molecule has 0 fully saturated rings. The summed E-state index contributed by atoms with van der Waals surface area (Å²) in [7, 11) is -3.80. The SMILES string of the molecule is CC1CC(C(=O)O)c2ccccc2N1S(=O)(=O)c1ccc(C(C)(C)C)cc1. The van der Waals surface area contributed by atoms with Crippen LogP contribution in [0.3, 0.4) is 0 Å². The van der Waals surface area contributed by atoms with Gasteiger partial charge >= 0.3 is 5.97 Å². The molecule has 1 aliphatic rings. The Labute approximate surface area is 160 Å². The fraction of sp³-hybridized carbons (Fsp3) is 0.381. The molecular weight excluding hydrogens is 362 g/mol. The first-order valence-corrected chi connectivity index (χ1v) is 10.4. The molecule has 5 nitrogen and oxygen atoms in total. The summed E-state index contributed by atoms with van der Waals surface area (Å²) in [5, 5.41) is 9.55. The normalized spacial score (nSPS) is 20.2. The number of carboxylic acid groups (broad SMARTS) is 1. The van der Waals surface area contributed by atoms with Crippen LogP contribution in [-0.2, 0) is 20.2 Å². The number of benzene rings is 2. The number of hydrogen-bond donors (Lipinski definition) is 1. The number of sulfonamides is 1. The summed E-state index contributed by atoms with van der Waals surface area (Å²) in [5.41, 5.74) is 1.98. The molecule has 0 radical (unpaired) electrons. The van der Waals surface area contributed by atoms with Crippen LogP contribution in [0.5, 0.6) is 0 Å². The van der Waals surface area contributed by atoms with Gasteiger partial charge in [-0.1, -0.05) is 51.1 Å². The summed E-state index contributed by atoms with van der Waals surface area (Å²) < 4.78 is 28.1. The first-order chi connectivity index (χ1) is 12.5. The number of aliphatic carboxylic acids is 1. The lowest BCUT2D eigenvalue weighted by Gasteiger charge is -2.38. The van der Waals surface area contributed by atoms with Crippen molar-refractivity contribution in [3.8, 4) is 0 Å². The quantitative estimate of drug-likeness (QED) is 0.859. The molecule has 2 unspecified atom stereocenters. The standard InChI is InChI=1S/C21H25NO4S/c1-14-13-18(20(23)24)17-7-5-6-8-19(17)22(14)27(25,26)16-11-9-15(10-12-16)21(2,3)4/h5-12,14,18H,13H2,1-4H3,(H,23,24). The number of nitrogens with zero attached hydrogens (tertiary/aromatic N) is 1. The molecule has 1 N–H and O–H groups in total. The molecule has 1 aliphatic heterocycles. The van der Waals surface area contributed by atoms with Gasteiger partial charge in [-0.2, -0.15) is 0 Å². The van der Waals surface area contributed by atoms with E-state index >= 15 is 0 Å². The Balaban J connectivity index is 2.08. The van der Waals surface area contributed by atoms with Crippen molar-refractivity contribution in [2.75, 3.05) is 4.31 Å². The van der Waals surface area contributed by atoms with E-state index in [1.54, 1.807) is 43.3 Å². The van der Waals surface area contributed by atoms with E-state index in [1.165, 1.54) is 4.31 Å². The maximum atomic E-state index is 13.4. The van der Waals surface area contributed by atoms with Gasteiger partial charge in [-0.15, -0.1) is 0 Å². The fourth-order valence-electron chi connectivity index (χ4n) is 3.62. The van der Waals surface area contributed by atoms with Crippen LogP contribution in [0.4, 0.5) is 5.69 Å². The maximum Gasteiger partial charge on any atom is 0.311 e. The van der Waals surface area contributed by atoms with Crippen LogP contribution in [0.25, 0.3) is 0 Å². The Morgan fingerprint density at radius 2 is 1.67 bits per heavy atom. The Kier molecular flexibility index (Phi) is 4.80. The van der Waals surface area contributed by atoms with Crippen LogP contribution in [0.1, 0.15) is 51.2 Å². The summed E-state index contributed by atoms with van der Waals surface area (Å²) in [5.74, 6) is -1.63. The molecule has 0 saturated heterocycles. The van der Waals surface area contributed by atoms with Gasteiger partial charge in [0.05, 0.1) is 16.5 Å². The Morgan fingerprint density at radius 1 is 1.07 bits per heavy atom. The second-order valence-electron chi connectivity index (χ2n) is 8.11. The Morgan fingerprint density at radius 3 is 2.22 bits per heavy atom. The fourth-order valence-corrected chi connectivity index (χ4v) is 5.32. The molecule has 3 rings (SSSR count). The zero-order chi connectivity index (χ0) is 20.0. The highest BCUT2D eigenvalue weighted by molar-refractivity contribution is 7.92. The highest BCUT2D eigenvalue weighted by Gasteiger charge is 2.40. The second kappa shape index (κ2) is 6.68. The van der Waals surface area contributed by atoms with Crippen molar-refractivity contribution in [2.45, 2.75) is 56.4 Å². The molecule has 6 heteroatoms. The number of rotatable bonds is 3. The third kappa shape index (κ3) is 3.46. The zero-order valence-corrected chi connectivity index (χ0v) is 16.8. The summed E-state index contributed by atoms with van der Waals surface area (Å²) in [4.78, 5) is 11.9. The van der Waals surface area contributed by atoms with Gasteiger partial charge in [0, 0.05) is 6.04 Å². The van der Waals surface area contributed by atoms with Gasteiger partial charge in [0.2, 0.25) is 0 Å². The lowest BCUT2D eigenvalue weighted by atomic mass is 9.87. The van der Waals surface area contributed by atoms with Crippen LogP contribution < -0.4 is 4.31 Å². The van der Waals surface area contributed by atoms with E-state index in [2.05, 4.69) is 20.8 Å². The lowest BCUT2D eigenvalue weighted by molar-refractivity contribution is -0.139. The van der Waals surface area contributed by atoms with Crippen molar-refractivity contribution in [1.29, 1.82) is 0 Å². The topological polar surface area (TPSA) is 74.7 Å². The van der Waals surface area contributed by atoms with Gasteiger partial charge in [-0.05, 0) is 48.1 Å². The number of anilines is 1. The van der Waals surface area contributed by atoms with Crippen molar-refractivity contribution in [3.63, 3.8) is 0 Å². The van der Waals surface area contributed by atoms with Gasteiger partial charge in [0.1, 0.15) is 0 Å². The predicted octanol–water partition coefficient (Wildman–Crippen LogP) is 4.14. The van der Waals surface area contributed by atoms with E-state index < -0.39 is 28.0 Å². The summed E-state index contributed by atoms with van der Waals surface area (Å²) in [6.45, 7) is 7.98. The van der Waals surface area contributed by atoms with E-state index in [0.29, 0.717) is 11.3 Å². The zero-order valence-electron chi connectivity index (χ0n) is 16.0. The summed E-state index contributed by atoms with van der Waals surface area (Å²) in [6, 6.07) is 13.4. The van der Waals surface area contributed by atoms with Crippen molar-refractivity contribution >= 4 is 21.7 Å². The number of fused-ring (bicyclic) bond motifs is 1. The van der Waals surface area contributed by atoms with E-state index in [0.717, 1.165) is 5.56 Å². The van der Waals surface area contributed by atoms with Crippen molar-refractivity contribution in [1.82, 2.24) is 0 Å². The molecule has 2 aromatic rings. The maximum absolute atomic E-state index is 13.4. The third-order valence-corrected chi connectivity index (χ3v) is 7.04. The van der Waals surface area contributed by atoms with Crippen molar-refractivity contribution in [2.24, 2.45) is 0 Å². The second-order valence-corrected chi connectivity index (χ2v) is 9.92. The molecule has 27 heavy (non-hydrogen) atoms. The van der Waals surface area contributed by atoms with Gasteiger partial charge in [0.25, 0.3) is 10.0 Å². The average molecular weight is 388 g/mol. The van der Waals surface area contributed by atoms with Gasteiger partial charge < -0.3 is 5.11 Å². The van der Waals surface area contributed by atoms with Crippen LogP contribution in [0, 0.1) is 0 Å². The Hall–Kier alpha value is -2.34.